The van der Waals surface area contributed by atoms with Gasteiger partial charge >= 0.3 is 5.97 Å². The first-order valence-corrected chi connectivity index (χ1v) is 12.1. The lowest BCUT2D eigenvalue weighted by atomic mass is 9.83. The largest absolute Gasteiger partial charge is 0.469 e. The van der Waals surface area contributed by atoms with Gasteiger partial charge in [0.2, 0.25) is 0 Å². The van der Waals surface area contributed by atoms with Crippen molar-refractivity contribution in [3.63, 3.8) is 0 Å². The molecule has 2 rings (SSSR count). The van der Waals surface area contributed by atoms with Gasteiger partial charge in [0.15, 0.2) is 0 Å². The summed E-state index contributed by atoms with van der Waals surface area (Å²) in [4.78, 5) is 11.2. The van der Waals surface area contributed by atoms with Gasteiger partial charge in [0, 0.05) is 17.7 Å². The van der Waals surface area contributed by atoms with E-state index in [0.717, 1.165) is 68.9 Å². The lowest BCUT2D eigenvalue weighted by Crippen LogP contribution is -2.19. The smallest absolute Gasteiger partial charge is 0.305 e. The Morgan fingerprint density at radius 1 is 1.13 bits per heavy atom. The van der Waals surface area contributed by atoms with Crippen molar-refractivity contribution in [1.82, 2.24) is 0 Å². The Morgan fingerprint density at radius 3 is 2.50 bits per heavy atom. The third kappa shape index (κ3) is 7.55. The third-order valence-corrected chi connectivity index (χ3v) is 6.99. The van der Waals surface area contributed by atoms with E-state index < -0.39 is 12.2 Å². The molecule has 1 aliphatic rings. The maximum atomic E-state index is 11.2. The number of methoxy groups -OCH3 is 1. The highest BCUT2D eigenvalue weighted by molar-refractivity contribution is 6.21. The molecular formula is C25H39ClO4. The molecule has 1 saturated carbocycles. The normalized spacial score (nSPS) is 24.7. The topological polar surface area (TPSA) is 66.8 Å². The minimum absolute atomic E-state index is 0.0145. The Morgan fingerprint density at radius 2 is 1.83 bits per heavy atom. The van der Waals surface area contributed by atoms with Gasteiger partial charge in [0.1, 0.15) is 0 Å². The molecule has 0 radical (unpaired) electrons. The predicted octanol–water partition coefficient (Wildman–Crippen LogP) is 5.89. The lowest BCUT2D eigenvalue weighted by molar-refractivity contribution is -0.140. The van der Waals surface area contributed by atoms with Crippen LogP contribution in [-0.4, -0.2) is 34.8 Å². The highest BCUT2D eigenvalue weighted by Crippen LogP contribution is 2.45. The Labute approximate surface area is 187 Å². The van der Waals surface area contributed by atoms with Crippen LogP contribution in [0.2, 0.25) is 0 Å². The Hall–Kier alpha value is -1.10. The molecule has 5 atom stereocenters. The molecule has 5 heteroatoms. The van der Waals surface area contributed by atoms with Gasteiger partial charge in [0.25, 0.3) is 0 Å². The summed E-state index contributed by atoms with van der Waals surface area (Å²) in [5, 5.41) is 21.0. The number of unbranched alkanes of at least 4 members (excludes halogenated alkanes) is 5. The Bertz CT molecular complexity index is 618. The van der Waals surface area contributed by atoms with Crippen molar-refractivity contribution in [3.05, 3.63) is 35.4 Å². The standard InChI is InChI=1S/C25H39ClO4/c1-3-4-7-11-22(27)18-13-15-19(16-14-18)25-20(21(26)17-23(25)28)10-8-5-6-9-12-24(29)30-2/h13-16,20-23,25,27-28H,3-12,17H2,1-2H3/t20-,21+,22?,23+,25+/m0/s1. The van der Waals surface area contributed by atoms with Crippen LogP contribution in [0.1, 0.15) is 101 Å². The van der Waals surface area contributed by atoms with Crippen molar-refractivity contribution in [2.75, 3.05) is 7.11 Å². The Balaban J connectivity index is 1.88. The van der Waals surface area contributed by atoms with Crippen molar-refractivity contribution < 1.29 is 19.7 Å². The lowest BCUT2D eigenvalue weighted by Gasteiger charge is -2.24. The summed E-state index contributed by atoms with van der Waals surface area (Å²) < 4.78 is 4.67. The monoisotopic (exact) mass is 438 g/mol. The molecule has 0 spiro atoms. The van der Waals surface area contributed by atoms with E-state index in [0.29, 0.717) is 12.8 Å². The average Bonchev–Trinajstić information content (AvgIpc) is 3.03. The highest BCUT2D eigenvalue weighted by Gasteiger charge is 2.41. The molecule has 2 N–H and O–H groups in total. The van der Waals surface area contributed by atoms with Crippen LogP contribution in [0.25, 0.3) is 0 Å². The summed E-state index contributed by atoms with van der Waals surface area (Å²) in [6.45, 7) is 2.16. The maximum Gasteiger partial charge on any atom is 0.305 e. The van der Waals surface area contributed by atoms with Gasteiger partial charge in [0.05, 0.1) is 19.3 Å². The number of aliphatic hydroxyl groups is 2. The van der Waals surface area contributed by atoms with Gasteiger partial charge in [-0.2, -0.15) is 0 Å². The van der Waals surface area contributed by atoms with E-state index in [2.05, 4.69) is 23.8 Å². The maximum absolute atomic E-state index is 11.2. The van der Waals surface area contributed by atoms with Crippen molar-refractivity contribution in [2.45, 2.75) is 101 Å². The second kappa shape index (κ2) is 13.3. The summed E-state index contributed by atoms with van der Waals surface area (Å²) in [5.41, 5.74) is 2.07. The number of alkyl halides is 1. The van der Waals surface area contributed by atoms with E-state index in [1.165, 1.54) is 7.11 Å². The van der Waals surface area contributed by atoms with E-state index in [1.807, 2.05) is 12.1 Å². The zero-order valence-corrected chi connectivity index (χ0v) is 19.3. The molecule has 0 saturated heterocycles. The molecule has 1 unspecified atom stereocenters. The number of halogens is 1. The number of hydrogen-bond acceptors (Lipinski definition) is 4. The summed E-state index contributed by atoms with van der Waals surface area (Å²) in [6.07, 6.45) is 9.35. The van der Waals surface area contributed by atoms with Crippen LogP contribution in [-0.2, 0) is 9.53 Å². The summed E-state index contributed by atoms with van der Waals surface area (Å²) in [6, 6.07) is 8.13. The molecule has 0 aromatic heterocycles. The fourth-order valence-corrected chi connectivity index (χ4v) is 5.16. The molecule has 4 nitrogen and oxygen atoms in total. The van der Waals surface area contributed by atoms with Gasteiger partial charge < -0.3 is 14.9 Å². The predicted molar refractivity (Wildman–Crippen MR) is 122 cm³/mol. The number of esters is 1. The number of hydrogen-bond donors (Lipinski definition) is 2. The molecule has 1 fully saturated rings. The molecule has 0 heterocycles. The van der Waals surface area contributed by atoms with Gasteiger partial charge in [-0.15, -0.1) is 11.6 Å². The van der Waals surface area contributed by atoms with Gasteiger partial charge in [-0.1, -0.05) is 69.7 Å². The highest BCUT2D eigenvalue weighted by atomic mass is 35.5. The number of carbonyl (C=O) groups is 1. The number of rotatable bonds is 13. The number of aliphatic hydroxyl groups excluding tert-OH is 2. The summed E-state index contributed by atoms with van der Waals surface area (Å²) in [5.74, 6) is 0.158. The fraction of sp³-hybridized carbons (Fsp3) is 0.720. The number of carbonyl (C=O) groups excluding carboxylic acids is 1. The zero-order valence-electron chi connectivity index (χ0n) is 18.6. The minimum atomic E-state index is -0.419. The van der Waals surface area contributed by atoms with Crippen LogP contribution in [0.3, 0.4) is 0 Å². The van der Waals surface area contributed by atoms with Crippen LogP contribution >= 0.6 is 11.6 Å². The molecule has 30 heavy (non-hydrogen) atoms. The molecule has 1 aliphatic carbocycles. The molecular weight excluding hydrogens is 400 g/mol. The van der Waals surface area contributed by atoms with Crippen LogP contribution in [0.5, 0.6) is 0 Å². The molecule has 0 bridgehead atoms. The van der Waals surface area contributed by atoms with E-state index >= 15 is 0 Å². The third-order valence-electron chi connectivity index (χ3n) is 6.49. The average molecular weight is 439 g/mol. The van der Waals surface area contributed by atoms with Gasteiger partial charge in [-0.25, -0.2) is 0 Å². The fourth-order valence-electron chi connectivity index (χ4n) is 4.69. The van der Waals surface area contributed by atoms with E-state index in [4.69, 9.17) is 11.6 Å². The second-order valence-electron chi connectivity index (χ2n) is 8.72. The van der Waals surface area contributed by atoms with E-state index in [1.54, 1.807) is 0 Å². The SMILES string of the molecule is CCCCCC(O)c1ccc([C@@H]2[C@@H](CCCCCCC(=O)OC)[C@H](Cl)C[C@H]2O)cc1. The quantitative estimate of drug-likeness (QED) is 0.229. The zero-order chi connectivity index (χ0) is 21.9. The van der Waals surface area contributed by atoms with Gasteiger partial charge in [-0.05, 0) is 42.7 Å². The molecule has 1 aromatic rings. The summed E-state index contributed by atoms with van der Waals surface area (Å²) in [7, 11) is 1.42. The van der Waals surface area contributed by atoms with E-state index in [-0.39, 0.29) is 23.2 Å². The van der Waals surface area contributed by atoms with E-state index in [9.17, 15) is 15.0 Å². The first kappa shape index (κ1) is 25.2. The van der Waals surface area contributed by atoms with Crippen molar-refractivity contribution >= 4 is 17.6 Å². The molecule has 0 aliphatic heterocycles. The number of ether oxygens (including phenoxy) is 1. The van der Waals surface area contributed by atoms with Crippen LogP contribution in [0.4, 0.5) is 0 Å². The van der Waals surface area contributed by atoms with Gasteiger partial charge in [-0.3, -0.25) is 4.79 Å². The molecule has 1 aromatic carbocycles. The molecule has 0 amide bonds. The summed E-state index contributed by atoms with van der Waals surface area (Å²) >= 11 is 6.61. The van der Waals surface area contributed by atoms with Crippen molar-refractivity contribution in [2.24, 2.45) is 5.92 Å². The first-order valence-electron chi connectivity index (χ1n) is 11.6. The van der Waals surface area contributed by atoms with Crippen LogP contribution in [0.15, 0.2) is 24.3 Å². The van der Waals surface area contributed by atoms with Crippen molar-refractivity contribution in [1.29, 1.82) is 0 Å². The minimum Gasteiger partial charge on any atom is -0.469 e. The van der Waals surface area contributed by atoms with Crippen molar-refractivity contribution in [3.8, 4) is 0 Å². The Kier molecular flexibility index (Phi) is 11.2. The first-order chi connectivity index (χ1) is 14.5. The second-order valence-corrected chi connectivity index (χ2v) is 9.28. The van der Waals surface area contributed by atoms with Crippen LogP contribution in [0, 0.1) is 5.92 Å². The number of benzene rings is 1. The van der Waals surface area contributed by atoms with Crippen LogP contribution < -0.4 is 0 Å². The molecule has 170 valence electrons.